The fourth-order valence-corrected chi connectivity index (χ4v) is 4.26. The molecule has 0 aliphatic heterocycles. The van der Waals surface area contributed by atoms with Crippen LogP contribution in [0.15, 0.2) is 22.5 Å². The van der Waals surface area contributed by atoms with Crippen LogP contribution in [0.3, 0.4) is 0 Å². The fourth-order valence-electron chi connectivity index (χ4n) is 3.28. The second-order valence-corrected chi connectivity index (χ2v) is 7.37. The van der Waals surface area contributed by atoms with Crippen molar-refractivity contribution in [3.8, 4) is 0 Å². The van der Waals surface area contributed by atoms with E-state index in [2.05, 4.69) is 40.4 Å². The van der Waals surface area contributed by atoms with E-state index in [9.17, 15) is 4.79 Å². The number of hydrogen-bond acceptors (Lipinski definition) is 3. The molecule has 1 aliphatic rings. The Morgan fingerprint density at radius 3 is 2.58 bits per heavy atom. The van der Waals surface area contributed by atoms with E-state index in [4.69, 9.17) is 4.99 Å². The quantitative estimate of drug-likeness (QED) is 0.402. The maximum atomic E-state index is 10.9. The van der Waals surface area contributed by atoms with Crippen molar-refractivity contribution in [2.45, 2.75) is 51.4 Å². The maximum Gasteiger partial charge on any atom is 0.216 e. The first-order chi connectivity index (χ1) is 11.7. The Balaban J connectivity index is 1.99. The minimum atomic E-state index is -0.00223. The van der Waals surface area contributed by atoms with Crippen LogP contribution >= 0.6 is 11.3 Å². The molecule has 0 aromatic carbocycles. The Morgan fingerprint density at radius 2 is 1.96 bits per heavy atom. The van der Waals surface area contributed by atoms with Crippen molar-refractivity contribution in [2.75, 3.05) is 26.2 Å². The van der Waals surface area contributed by atoms with Gasteiger partial charge in [0, 0.05) is 36.9 Å². The number of nitrogens with one attached hydrogen (secondary N) is 3. The van der Waals surface area contributed by atoms with Gasteiger partial charge in [0.2, 0.25) is 5.91 Å². The number of amides is 1. The molecule has 3 N–H and O–H groups in total. The van der Waals surface area contributed by atoms with Gasteiger partial charge in [0.05, 0.1) is 6.54 Å². The lowest BCUT2D eigenvalue weighted by Gasteiger charge is -2.35. The average Bonchev–Trinajstić information content (AvgIpc) is 3.12. The number of guanidine groups is 1. The molecule has 0 spiro atoms. The van der Waals surface area contributed by atoms with Gasteiger partial charge in [-0.3, -0.25) is 9.79 Å². The molecule has 0 bridgehead atoms. The first-order valence-corrected chi connectivity index (χ1v) is 9.85. The molecule has 0 radical (unpaired) electrons. The molecular weight excluding hydrogens is 320 g/mol. The van der Waals surface area contributed by atoms with E-state index in [-0.39, 0.29) is 11.3 Å². The summed E-state index contributed by atoms with van der Waals surface area (Å²) in [6.07, 6.45) is 6.37. The van der Waals surface area contributed by atoms with Crippen LogP contribution in [0.25, 0.3) is 0 Å². The van der Waals surface area contributed by atoms with Crippen molar-refractivity contribution in [3.63, 3.8) is 0 Å². The SMILES string of the molecule is CCNC(=NCC1(c2cccs2)CCCCC1)NCCNC(C)=O. The zero-order valence-corrected chi connectivity index (χ0v) is 15.7. The monoisotopic (exact) mass is 350 g/mol. The fraction of sp³-hybridized carbons (Fsp3) is 0.667. The summed E-state index contributed by atoms with van der Waals surface area (Å²) in [4.78, 5) is 17.3. The van der Waals surface area contributed by atoms with Crippen molar-refractivity contribution in [2.24, 2.45) is 4.99 Å². The van der Waals surface area contributed by atoms with Gasteiger partial charge in [-0.1, -0.05) is 25.3 Å². The smallest absolute Gasteiger partial charge is 0.216 e. The maximum absolute atomic E-state index is 10.9. The number of carbonyl (C=O) groups is 1. The topological polar surface area (TPSA) is 65.5 Å². The third-order valence-electron chi connectivity index (χ3n) is 4.53. The Kier molecular flexibility index (Phi) is 7.56. The highest BCUT2D eigenvalue weighted by Gasteiger charge is 2.34. The highest BCUT2D eigenvalue weighted by Crippen LogP contribution is 2.41. The summed E-state index contributed by atoms with van der Waals surface area (Å²) in [5, 5.41) is 11.6. The number of thiophene rings is 1. The second-order valence-electron chi connectivity index (χ2n) is 6.42. The van der Waals surface area contributed by atoms with Gasteiger partial charge in [0.1, 0.15) is 0 Å². The molecule has 1 aromatic rings. The number of hydrogen-bond donors (Lipinski definition) is 3. The minimum absolute atomic E-state index is 0.00223. The van der Waals surface area contributed by atoms with Crippen LogP contribution in [0, 0.1) is 0 Å². The van der Waals surface area contributed by atoms with Crippen LogP contribution in [0.5, 0.6) is 0 Å². The molecule has 2 rings (SSSR count). The van der Waals surface area contributed by atoms with Gasteiger partial charge in [-0.25, -0.2) is 0 Å². The summed E-state index contributed by atoms with van der Waals surface area (Å²) in [5.41, 5.74) is 0.201. The summed E-state index contributed by atoms with van der Waals surface area (Å²) >= 11 is 1.86. The molecule has 5 nitrogen and oxygen atoms in total. The van der Waals surface area contributed by atoms with Crippen molar-refractivity contribution >= 4 is 23.2 Å². The number of carbonyl (C=O) groups excluding carboxylic acids is 1. The van der Waals surface area contributed by atoms with E-state index in [0.29, 0.717) is 13.1 Å². The standard InChI is InChI=1S/C18H30N4OS/c1-3-19-17(21-12-11-20-15(2)23)22-14-18(9-5-4-6-10-18)16-8-7-13-24-16/h7-8,13H,3-6,9-12,14H2,1-2H3,(H,20,23)(H2,19,21,22). The van der Waals surface area contributed by atoms with E-state index in [0.717, 1.165) is 19.0 Å². The predicted octanol–water partition coefficient (Wildman–Crippen LogP) is 2.64. The molecule has 0 atom stereocenters. The van der Waals surface area contributed by atoms with Crippen molar-refractivity contribution in [3.05, 3.63) is 22.4 Å². The highest BCUT2D eigenvalue weighted by molar-refractivity contribution is 7.10. The van der Waals surface area contributed by atoms with Crippen LogP contribution < -0.4 is 16.0 Å². The van der Waals surface area contributed by atoms with Gasteiger partial charge in [-0.05, 0) is 31.2 Å². The van der Waals surface area contributed by atoms with Gasteiger partial charge in [0.25, 0.3) is 0 Å². The molecule has 1 amide bonds. The van der Waals surface area contributed by atoms with E-state index >= 15 is 0 Å². The lowest BCUT2D eigenvalue weighted by Crippen LogP contribution is -2.42. The summed E-state index contributed by atoms with van der Waals surface area (Å²) < 4.78 is 0. The Labute approximate surface area is 149 Å². The van der Waals surface area contributed by atoms with Crippen LogP contribution in [0.4, 0.5) is 0 Å². The molecule has 1 heterocycles. The zero-order chi connectivity index (χ0) is 17.3. The van der Waals surface area contributed by atoms with Crippen LogP contribution in [-0.2, 0) is 10.2 Å². The molecule has 0 unspecified atom stereocenters. The first-order valence-electron chi connectivity index (χ1n) is 8.97. The molecule has 1 aromatic heterocycles. The van der Waals surface area contributed by atoms with E-state index in [1.54, 1.807) is 0 Å². The van der Waals surface area contributed by atoms with E-state index < -0.39 is 0 Å². The average molecular weight is 351 g/mol. The van der Waals surface area contributed by atoms with Gasteiger partial charge in [0.15, 0.2) is 5.96 Å². The molecular formula is C18H30N4OS. The highest BCUT2D eigenvalue weighted by atomic mass is 32.1. The van der Waals surface area contributed by atoms with Gasteiger partial charge in [-0.15, -0.1) is 11.3 Å². The number of rotatable bonds is 7. The molecule has 6 heteroatoms. The summed E-state index contributed by atoms with van der Waals surface area (Å²) in [5.74, 6) is 0.835. The predicted molar refractivity (Wildman–Crippen MR) is 102 cm³/mol. The van der Waals surface area contributed by atoms with Crippen LogP contribution in [0.2, 0.25) is 0 Å². The second kappa shape index (κ2) is 9.67. The van der Waals surface area contributed by atoms with Crippen molar-refractivity contribution < 1.29 is 4.79 Å². The van der Waals surface area contributed by atoms with Crippen LogP contribution in [0.1, 0.15) is 50.8 Å². The first kappa shape index (κ1) is 18.8. The summed E-state index contributed by atoms with van der Waals surface area (Å²) in [6, 6.07) is 4.42. The zero-order valence-electron chi connectivity index (χ0n) is 14.9. The normalized spacial score (nSPS) is 17.3. The van der Waals surface area contributed by atoms with E-state index in [1.807, 2.05) is 11.3 Å². The van der Waals surface area contributed by atoms with E-state index in [1.165, 1.54) is 43.9 Å². The van der Waals surface area contributed by atoms with Gasteiger partial charge in [-0.2, -0.15) is 0 Å². The number of aliphatic imine (C=N–C) groups is 1. The Hall–Kier alpha value is -1.56. The lowest BCUT2D eigenvalue weighted by atomic mass is 9.73. The molecule has 0 saturated heterocycles. The van der Waals surface area contributed by atoms with Crippen molar-refractivity contribution in [1.82, 2.24) is 16.0 Å². The summed E-state index contributed by atoms with van der Waals surface area (Å²) in [7, 11) is 0. The lowest BCUT2D eigenvalue weighted by molar-refractivity contribution is -0.118. The summed E-state index contributed by atoms with van der Waals surface area (Å²) in [6.45, 7) is 6.54. The largest absolute Gasteiger partial charge is 0.357 e. The Bertz CT molecular complexity index is 521. The molecule has 1 fully saturated rings. The van der Waals surface area contributed by atoms with Gasteiger partial charge < -0.3 is 16.0 Å². The molecule has 1 aliphatic carbocycles. The number of nitrogens with zero attached hydrogens (tertiary/aromatic N) is 1. The molecule has 1 saturated carbocycles. The third kappa shape index (κ3) is 5.51. The third-order valence-corrected chi connectivity index (χ3v) is 5.65. The van der Waals surface area contributed by atoms with Gasteiger partial charge >= 0.3 is 0 Å². The van der Waals surface area contributed by atoms with Crippen LogP contribution in [-0.4, -0.2) is 38.0 Å². The molecule has 24 heavy (non-hydrogen) atoms. The molecule has 134 valence electrons. The minimum Gasteiger partial charge on any atom is -0.357 e. The Morgan fingerprint density at radius 1 is 1.21 bits per heavy atom. The van der Waals surface area contributed by atoms with Crippen molar-refractivity contribution in [1.29, 1.82) is 0 Å².